The molecule has 2 heterocycles. The van der Waals surface area contributed by atoms with Gasteiger partial charge in [-0.2, -0.15) is 5.10 Å². The Bertz CT molecular complexity index is 423. The minimum atomic E-state index is -0.339. The van der Waals surface area contributed by atoms with Crippen LogP contribution in [0.1, 0.15) is 30.8 Å². The highest BCUT2D eigenvalue weighted by molar-refractivity contribution is 5.97. The second kappa shape index (κ2) is 4.03. The smallest absolute Gasteiger partial charge is 0.272 e. The molecule has 1 aliphatic heterocycles. The Hall–Kier alpha value is -1.56. The highest BCUT2D eigenvalue weighted by Crippen LogP contribution is 2.25. The first kappa shape index (κ1) is 11.9. The number of carbonyl (C=O) groups excluding carboxylic acids is 1. The molecule has 0 bridgehead atoms. The van der Waals surface area contributed by atoms with Crippen molar-refractivity contribution in [3.63, 3.8) is 0 Å². The van der Waals surface area contributed by atoms with Crippen LogP contribution in [0.15, 0.2) is 6.20 Å². The van der Waals surface area contributed by atoms with Gasteiger partial charge in [-0.3, -0.25) is 9.48 Å². The summed E-state index contributed by atoms with van der Waals surface area (Å²) < 4.78 is 6.96. The molecule has 2 atom stereocenters. The van der Waals surface area contributed by atoms with Gasteiger partial charge in [0.15, 0.2) is 0 Å². The molecule has 6 nitrogen and oxygen atoms in total. The Kier molecular flexibility index (Phi) is 2.82. The van der Waals surface area contributed by atoms with Crippen molar-refractivity contribution in [2.45, 2.75) is 31.9 Å². The van der Waals surface area contributed by atoms with Crippen LogP contribution in [-0.2, 0) is 11.8 Å². The van der Waals surface area contributed by atoms with Crippen LogP contribution in [0, 0.1) is 0 Å². The maximum Gasteiger partial charge on any atom is 0.272 e. The van der Waals surface area contributed by atoms with Gasteiger partial charge in [0.25, 0.3) is 5.91 Å². The van der Waals surface area contributed by atoms with Crippen molar-refractivity contribution in [2.24, 2.45) is 7.05 Å². The molecule has 0 aliphatic carbocycles. The highest BCUT2D eigenvalue weighted by atomic mass is 16.5. The third kappa shape index (κ3) is 2.00. The maximum absolute atomic E-state index is 12.1. The first-order chi connectivity index (χ1) is 7.94. The molecule has 6 heteroatoms. The lowest BCUT2D eigenvalue weighted by molar-refractivity contribution is 0.0721. The Morgan fingerprint density at radius 2 is 2.47 bits per heavy atom. The number of hydrogen-bond donors (Lipinski definition) is 2. The van der Waals surface area contributed by atoms with Gasteiger partial charge in [0.05, 0.1) is 23.5 Å². The summed E-state index contributed by atoms with van der Waals surface area (Å²) in [6, 6.07) is 0. The van der Waals surface area contributed by atoms with Gasteiger partial charge in [0.1, 0.15) is 5.69 Å². The number of aromatic nitrogens is 2. The van der Waals surface area contributed by atoms with Crippen LogP contribution in [0.2, 0.25) is 0 Å². The summed E-state index contributed by atoms with van der Waals surface area (Å²) in [4.78, 5) is 12.1. The van der Waals surface area contributed by atoms with E-state index in [9.17, 15) is 4.79 Å². The van der Waals surface area contributed by atoms with Crippen LogP contribution >= 0.6 is 0 Å². The van der Waals surface area contributed by atoms with Crippen molar-refractivity contribution >= 4 is 11.6 Å². The van der Waals surface area contributed by atoms with Gasteiger partial charge in [-0.15, -0.1) is 0 Å². The van der Waals surface area contributed by atoms with Gasteiger partial charge in [-0.05, 0) is 20.3 Å². The predicted octanol–water partition coefficient (Wildman–Crippen LogP) is 0.300. The van der Waals surface area contributed by atoms with Crippen molar-refractivity contribution in [1.29, 1.82) is 0 Å². The highest BCUT2D eigenvalue weighted by Gasteiger charge is 2.39. The number of anilines is 1. The minimum absolute atomic E-state index is 0.000835. The fourth-order valence-corrected chi connectivity index (χ4v) is 2.05. The first-order valence-corrected chi connectivity index (χ1v) is 5.65. The lowest BCUT2D eigenvalue weighted by Gasteiger charge is -2.28. The lowest BCUT2D eigenvalue weighted by atomic mass is 9.94. The SMILES string of the molecule is CC1OCCC1(C)NC(=O)c1c(N)cnn1C. The number of aryl methyl sites for hydroxylation is 1. The monoisotopic (exact) mass is 238 g/mol. The van der Waals surface area contributed by atoms with Crippen LogP contribution in [0.4, 0.5) is 5.69 Å². The molecule has 0 spiro atoms. The van der Waals surface area contributed by atoms with Crippen molar-refractivity contribution in [3.8, 4) is 0 Å². The Morgan fingerprint density at radius 1 is 1.76 bits per heavy atom. The third-order valence-corrected chi connectivity index (χ3v) is 3.47. The molecule has 1 aromatic rings. The van der Waals surface area contributed by atoms with E-state index in [-0.39, 0.29) is 17.6 Å². The summed E-state index contributed by atoms with van der Waals surface area (Å²) in [5.74, 6) is -0.206. The summed E-state index contributed by atoms with van der Waals surface area (Å²) in [5.41, 5.74) is 6.16. The number of hydrogen-bond acceptors (Lipinski definition) is 4. The zero-order valence-electron chi connectivity index (χ0n) is 10.4. The van der Waals surface area contributed by atoms with E-state index >= 15 is 0 Å². The minimum Gasteiger partial charge on any atom is -0.396 e. The first-order valence-electron chi connectivity index (χ1n) is 5.65. The van der Waals surface area contributed by atoms with E-state index in [1.54, 1.807) is 7.05 Å². The molecule has 2 unspecified atom stereocenters. The van der Waals surface area contributed by atoms with E-state index in [0.29, 0.717) is 18.0 Å². The van der Waals surface area contributed by atoms with Crippen LogP contribution in [0.5, 0.6) is 0 Å². The van der Waals surface area contributed by atoms with Gasteiger partial charge in [-0.25, -0.2) is 0 Å². The zero-order chi connectivity index (χ0) is 12.6. The Balaban J connectivity index is 2.17. The second-order valence-corrected chi connectivity index (χ2v) is 4.71. The van der Waals surface area contributed by atoms with Crippen LogP contribution < -0.4 is 11.1 Å². The normalized spacial score (nSPS) is 28.3. The fraction of sp³-hybridized carbons (Fsp3) is 0.636. The van der Waals surface area contributed by atoms with Gasteiger partial charge in [0.2, 0.25) is 0 Å². The molecule has 1 fully saturated rings. The van der Waals surface area contributed by atoms with E-state index in [4.69, 9.17) is 10.5 Å². The number of amides is 1. The van der Waals surface area contributed by atoms with Gasteiger partial charge >= 0.3 is 0 Å². The number of ether oxygens (including phenoxy) is 1. The largest absolute Gasteiger partial charge is 0.396 e. The van der Waals surface area contributed by atoms with Gasteiger partial charge in [0, 0.05) is 13.7 Å². The van der Waals surface area contributed by atoms with Crippen molar-refractivity contribution in [2.75, 3.05) is 12.3 Å². The van der Waals surface area contributed by atoms with Crippen molar-refractivity contribution in [1.82, 2.24) is 15.1 Å². The standard InChI is InChI=1S/C11H18N4O2/c1-7-11(2,4-5-17-7)14-10(16)9-8(12)6-13-15(9)3/h6-7H,4-5,12H2,1-3H3,(H,14,16). The molecule has 1 amide bonds. The van der Waals surface area contributed by atoms with E-state index in [1.807, 2.05) is 13.8 Å². The number of nitrogen functional groups attached to an aromatic ring is 1. The lowest BCUT2D eigenvalue weighted by Crippen LogP contribution is -2.51. The molecule has 1 saturated heterocycles. The molecule has 0 saturated carbocycles. The van der Waals surface area contributed by atoms with Crippen molar-refractivity contribution < 1.29 is 9.53 Å². The fourth-order valence-electron chi connectivity index (χ4n) is 2.05. The Labute approximate surface area is 100 Å². The molecular weight excluding hydrogens is 220 g/mol. The summed E-state index contributed by atoms with van der Waals surface area (Å²) in [7, 11) is 1.70. The quantitative estimate of drug-likeness (QED) is 0.776. The van der Waals surface area contributed by atoms with E-state index in [2.05, 4.69) is 10.4 Å². The number of carbonyl (C=O) groups is 1. The maximum atomic E-state index is 12.1. The zero-order valence-corrected chi connectivity index (χ0v) is 10.4. The number of rotatable bonds is 2. The van der Waals surface area contributed by atoms with Crippen LogP contribution in [0.3, 0.4) is 0 Å². The molecule has 0 aromatic carbocycles. The van der Waals surface area contributed by atoms with E-state index in [0.717, 1.165) is 6.42 Å². The number of nitrogens with two attached hydrogens (primary N) is 1. The summed E-state index contributed by atoms with van der Waals surface area (Å²) >= 11 is 0. The summed E-state index contributed by atoms with van der Waals surface area (Å²) in [6.45, 7) is 4.60. The summed E-state index contributed by atoms with van der Waals surface area (Å²) in [6.07, 6.45) is 2.28. The second-order valence-electron chi connectivity index (χ2n) is 4.71. The summed E-state index contributed by atoms with van der Waals surface area (Å²) in [5, 5.41) is 6.94. The number of nitrogens with zero attached hydrogens (tertiary/aromatic N) is 2. The predicted molar refractivity (Wildman–Crippen MR) is 63.5 cm³/mol. The molecule has 17 heavy (non-hydrogen) atoms. The van der Waals surface area contributed by atoms with Gasteiger partial charge in [-0.1, -0.05) is 0 Å². The van der Waals surface area contributed by atoms with Gasteiger partial charge < -0.3 is 15.8 Å². The molecule has 94 valence electrons. The average molecular weight is 238 g/mol. The molecular formula is C11H18N4O2. The molecule has 3 N–H and O–H groups in total. The van der Waals surface area contributed by atoms with E-state index in [1.165, 1.54) is 10.9 Å². The Morgan fingerprint density at radius 3 is 2.94 bits per heavy atom. The van der Waals surface area contributed by atoms with Crippen molar-refractivity contribution in [3.05, 3.63) is 11.9 Å². The molecule has 1 aromatic heterocycles. The average Bonchev–Trinajstić information content (AvgIpc) is 2.72. The van der Waals surface area contributed by atoms with Crippen LogP contribution in [0.25, 0.3) is 0 Å². The molecule has 1 aliphatic rings. The molecule has 0 radical (unpaired) electrons. The van der Waals surface area contributed by atoms with E-state index < -0.39 is 0 Å². The third-order valence-electron chi connectivity index (χ3n) is 3.47. The molecule has 2 rings (SSSR count). The topological polar surface area (TPSA) is 82.2 Å². The van der Waals surface area contributed by atoms with Crippen LogP contribution in [-0.4, -0.2) is 33.9 Å². The number of nitrogens with one attached hydrogen (secondary N) is 1.